The zero-order chi connectivity index (χ0) is 16.0. The van der Waals surface area contributed by atoms with Crippen molar-refractivity contribution in [2.24, 2.45) is 0 Å². The van der Waals surface area contributed by atoms with Crippen molar-refractivity contribution >= 4 is 19.4 Å². The monoisotopic (exact) mass is 339 g/mol. The third kappa shape index (κ3) is 11.2. The highest BCUT2D eigenvalue weighted by Crippen LogP contribution is 2.11. The first kappa shape index (κ1) is 22.0. The van der Waals surface area contributed by atoms with E-state index in [4.69, 9.17) is 4.74 Å². The van der Waals surface area contributed by atoms with E-state index in [1.807, 2.05) is 37.3 Å². The lowest BCUT2D eigenvalue weighted by Gasteiger charge is -2.14. The fourth-order valence-corrected chi connectivity index (χ4v) is 2.39. The zero-order valence-corrected chi connectivity index (χ0v) is 15.6. The molecule has 0 fully saturated rings. The average molecular weight is 340 g/mol. The molecule has 0 spiro atoms. The van der Waals surface area contributed by atoms with E-state index in [2.05, 4.69) is 12.2 Å². The minimum atomic E-state index is 0. The Morgan fingerprint density at radius 2 is 1.70 bits per heavy atom. The maximum Gasteiger partial charge on any atom is 0.222 e. The Kier molecular flexibility index (Phi) is 13.9. The van der Waals surface area contributed by atoms with Gasteiger partial charge in [-0.2, -0.15) is 13.5 Å². The molecule has 0 saturated heterocycles. The van der Waals surface area contributed by atoms with E-state index in [1.54, 1.807) is 0 Å². The number of rotatable bonds is 12. The van der Waals surface area contributed by atoms with E-state index < -0.39 is 0 Å². The Morgan fingerprint density at radius 1 is 1.04 bits per heavy atom. The Bertz CT molecular complexity index is 398. The fourth-order valence-electron chi connectivity index (χ4n) is 2.39. The maximum atomic E-state index is 11.8. The summed E-state index contributed by atoms with van der Waals surface area (Å²) >= 11 is 0. The van der Waals surface area contributed by atoms with Crippen LogP contribution in [0.3, 0.4) is 0 Å². The second-order valence-corrected chi connectivity index (χ2v) is 5.83. The summed E-state index contributed by atoms with van der Waals surface area (Å²) in [7, 11) is 0. The summed E-state index contributed by atoms with van der Waals surface area (Å²) in [4.78, 5) is 11.8. The molecule has 0 aliphatic heterocycles. The molecular weight excluding hydrogens is 306 g/mol. The van der Waals surface area contributed by atoms with Crippen molar-refractivity contribution in [3.63, 3.8) is 0 Å². The molecule has 0 aliphatic carbocycles. The van der Waals surface area contributed by atoms with Gasteiger partial charge in [0.15, 0.2) is 0 Å². The first-order valence-corrected chi connectivity index (χ1v) is 8.66. The molecule has 1 rings (SSSR count). The highest BCUT2D eigenvalue weighted by Gasteiger charge is 2.08. The Hall–Kier alpha value is -1.00. The smallest absolute Gasteiger partial charge is 0.222 e. The molecule has 0 aliphatic rings. The lowest BCUT2D eigenvalue weighted by atomic mass is 10.1. The number of hydrogen-bond donors (Lipinski definition) is 1. The van der Waals surface area contributed by atoms with Gasteiger partial charge in [-0.05, 0) is 18.9 Å². The Balaban J connectivity index is 0.00000484. The van der Waals surface area contributed by atoms with Crippen molar-refractivity contribution in [1.82, 2.24) is 5.32 Å². The minimum absolute atomic E-state index is 0. The molecule has 1 aromatic carbocycles. The lowest BCUT2D eigenvalue weighted by Crippen LogP contribution is -2.27. The standard InChI is InChI=1S/C19H31NO2.H2S/c1-3-4-5-6-7-11-15-22-16-14-19(21)20-17(2)18-12-9-8-10-13-18;/h8-10,12-13,17H,3-7,11,14-16H2,1-2H3,(H,20,21);1H2/t17-;/m0./s1. The van der Waals surface area contributed by atoms with Gasteiger partial charge in [0.25, 0.3) is 0 Å². The van der Waals surface area contributed by atoms with Crippen LogP contribution >= 0.6 is 13.5 Å². The predicted octanol–water partition coefficient (Wildman–Crippen LogP) is 4.74. The van der Waals surface area contributed by atoms with E-state index in [9.17, 15) is 4.79 Å². The molecule has 0 bridgehead atoms. The molecule has 0 saturated carbocycles. The number of benzene rings is 1. The average Bonchev–Trinajstić information content (AvgIpc) is 2.54. The van der Waals surface area contributed by atoms with Crippen LogP contribution in [0.15, 0.2) is 30.3 Å². The van der Waals surface area contributed by atoms with Crippen molar-refractivity contribution in [2.75, 3.05) is 13.2 Å². The molecule has 0 radical (unpaired) electrons. The number of carbonyl (C=O) groups is 1. The summed E-state index contributed by atoms with van der Waals surface area (Å²) in [6.07, 6.45) is 8.02. The van der Waals surface area contributed by atoms with Crippen LogP contribution in [0.4, 0.5) is 0 Å². The van der Waals surface area contributed by atoms with Crippen LogP contribution in [0.25, 0.3) is 0 Å². The van der Waals surface area contributed by atoms with Gasteiger partial charge in [0.2, 0.25) is 5.91 Å². The van der Waals surface area contributed by atoms with Crippen LogP contribution in [0.2, 0.25) is 0 Å². The SMILES string of the molecule is CCCCCCCCOCCC(=O)N[C@@H](C)c1ccccc1.S. The van der Waals surface area contributed by atoms with Crippen LogP contribution in [0.5, 0.6) is 0 Å². The van der Waals surface area contributed by atoms with Gasteiger partial charge in [-0.15, -0.1) is 0 Å². The van der Waals surface area contributed by atoms with E-state index >= 15 is 0 Å². The van der Waals surface area contributed by atoms with Crippen LogP contribution in [-0.4, -0.2) is 19.1 Å². The van der Waals surface area contributed by atoms with E-state index in [-0.39, 0.29) is 25.4 Å². The van der Waals surface area contributed by atoms with E-state index in [0.717, 1.165) is 18.6 Å². The van der Waals surface area contributed by atoms with Crippen molar-refractivity contribution in [2.45, 2.75) is 64.8 Å². The van der Waals surface area contributed by atoms with Gasteiger partial charge in [0.05, 0.1) is 12.6 Å². The molecule has 3 nitrogen and oxygen atoms in total. The summed E-state index contributed by atoms with van der Waals surface area (Å²) in [5.74, 6) is 0.0549. The van der Waals surface area contributed by atoms with Gasteiger partial charge in [0.1, 0.15) is 0 Å². The van der Waals surface area contributed by atoms with Crippen LogP contribution < -0.4 is 5.32 Å². The number of unbranched alkanes of at least 4 members (excludes halogenated alkanes) is 5. The topological polar surface area (TPSA) is 38.3 Å². The third-order valence-corrected chi connectivity index (χ3v) is 3.79. The normalized spacial score (nSPS) is 11.6. The summed E-state index contributed by atoms with van der Waals surface area (Å²) in [6.45, 7) is 5.52. The molecule has 0 aromatic heterocycles. The molecule has 0 unspecified atom stereocenters. The van der Waals surface area contributed by atoms with Crippen molar-refractivity contribution < 1.29 is 9.53 Å². The Morgan fingerprint density at radius 3 is 2.39 bits per heavy atom. The molecule has 1 aromatic rings. The summed E-state index contributed by atoms with van der Waals surface area (Å²) in [6, 6.07) is 10.1. The summed E-state index contributed by atoms with van der Waals surface area (Å²) in [5.41, 5.74) is 1.13. The highest BCUT2D eigenvalue weighted by atomic mass is 32.1. The Labute approximate surface area is 148 Å². The second kappa shape index (κ2) is 14.6. The number of hydrogen-bond acceptors (Lipinski definition) is 2. The number of amides is 1. The van der Waals surface area contributed by atoms with Crippen molar-refractivity contribution in [3.05, 3.63) is 35.9 Å². The van der Waals surface area contributed by atoms with Crippen LogP contribution in [0, 0.1) is 0 Å². The lowest BCUT2D eigenvalue weighted by molar-refractivity contribution is -0.122. The highest BCUT2D eigenvalue weighted by molar-refractivity contribution is 7.59. The number of nitrogens with one attached hydrogen (secondary N) is 1. The first-order chi connectivity index (χ1) is 10.7. The van der Waals surface area contributed by atoms with Crippen molar-refractivity contribution in [1.29, 1.82) is 0 Å². The van der Waals surface area contributed by atoms with Crippen LogP contribution in [-0.2, 0) is 9.53 Å². The second-order valence-electron chi connectivity index (χ2n) is 5.83. The molecule has 4 heteroatoms. The van der Waals surface area contributed by atoms with Crippen molar-refractivity contribution in [3.8, 4) is 0 Å². The third-order valence-electron chi connectivity index (χ3n) is 3.79. The predicted molar refractivity (Wildman–Crippen MR) is 102 cm³/mol. The van der Waals surface area contributed by atoms with Gasteiger partial charge in [-0.3, -0.25) is 4.79 Å². The quantitative estimate of drug-likeness (QED) is 0.558. The van der Waals surface area contributed by atoms with E-state index in [0.29, 0.717) is 13.0 Å². The molecular formula is C19H33NO2S. The molecule has 1 N–H and O–H groups in total. The molecule has 23 heavy (non-hydrogen) atoms. The van der Waals surface area contributed by atoms with Crippen LogP contribution in [0.1, 0.15) is 70.4 Å². The summed E-state index contributed by atoms with van der Waals surface area (Å²) in [5, 5.41) is 3.00. The van der Waals surface area contributed by atoms with Gasteiger partial charge >= 0.3 is 0 Å². The van der Waals surface area contributed by atoms with Gasteiger partial charge in [-0.25, -0.2) is 0 Å². The van der Waals surface area contributed by atoms with Gasteiger partial charge in [0, 0.05) is 13.0 Å². The maximum absolute atomic E-state index is 11.8. The summed E-state index contributed by atoms with van der Waals surface area (Å²) < 4.78 is 5.54. The van der Waals surface area contributed by atoms with E-state index in [1.165, 1.54) is 32.1 Å². The minimum Gasteiger partial charge on any atom is -0.381 e. The zero-order valence-electron chi connectivity index (χ0n) is 14.6. The number of carbonyl (C=O) groups excluding carboxylic acids is 1. The molecule has 1 atom stereocenters. The molecule has 0 heterocycles. The largest absolute Gasteiger partial charge is 0.381 e. The van der Waals surface area contributed by atoms with Gasteiger partial charge in [-0.1, -0.05) is 69.4 Å². The van der Waals surface area contributed by atoms with Gasteiger partial charge < -0.3 is 10.1 Å². The molecule has 132 valence electrons. The molecule has 1 amide bonds. The fraction of sp³-hybridized carbons (Fsp3) is 0.632. The number of ether oxygens (including phenoxy) is 1. The first-order valence-electron chi connectivity index (χ1n) is 8.66.